The molecule has 0 amide bonds. The van der Waals surface area contributed by atoms with Crippen LogP contribution < -0.4 is 19.1 Å². The molecule has 0 fully saturated rings. The number of hydrogen-bond acceptors (Lipinski definition) is 12. The normalized spacial score (nSPS) is 11.4. The van der Waals surface area contributed by atoms with E-state index in [4.69, 9.17) is 9.47 Å². The van der Waals surface area contributed by atoms with E-state index in [1.165, 1.54) is 11.3 Å². The lowest BCUT2D eigenvalue weighted by molar-refractivity contribution is 0.202. The van der Waals surface area contributed by atoms with E-state index in [1.807, 2.05) is 54.7 Å². The molecule has 15 heteroatoms. The fourth-order valence-electron chi connectivity index (χ4n) is 4.49. The lowest BCUT2D eigenvalue weighted by Crippen LogP contribution is -2.18. The van der Waals surface area contributed by atoms with Gasteiger partial charge < -0.3 is 14.4 Å². The summed E-state index contributed by atoms with van der Waals surface area (Å²) in [7, 11) is -0.350. The van der Waals surface area contributed by atoms with Gasteiger partial charge in [-0.15, -0.1) is 11.3 Å². The molecule has 0 spiro atoms. The van der Waals surface area contributed by atoms with E-state index < -0.39 is 10.0 Å². The Bertz CT molecular complexity index is 2050. The maximum atomic E-state index is 14.1. The zero-order valence-electron chi connectivity index (χ0n) is 24.0. The molecule has 6 rings (SSSR count). The Balaban J connectivity index is 1.42. The first-order valence-corrected chi connectivity index (χ1v) is 16.6. The summed E-state index contributed by atoms with van der Waals surface area (Å²) in [5.41, 5.74) is 1.25. The number of sulfonamides is 1. The van der Waals surface area contributed by atoms with Crippen molar-refractivity contribution in [3.63, 3.8) is 0 Å². The summed E-state index contributed by atoms with van der Waals surface area (Å²) >= 11 is 4.68. The molecule has 2 aromatic carbocycles. The third-order valence-electron chi connectivity index (χ3n) is 6.42. The molecule has 0 aliphatic heterocycles. The van der Waals surface area contributed by atoms with Crippen LogP contribution in [-0.2, 0) is 10.0 Å². The summed E-state index contributed by atoms with van der Waals surface area (Å²) in [6.45, 7) is 0.144. The van der Waals surface area contributed by atoms with E-state index in [0.29, 0.717) is 15.8 Å². The maximum absolute atomic E-state index is 14.1. The quantitative estimate of drug-likeness (QED) is 0.166. The van der Waals surface area contributed by atoms with Gasteiger partial charge in [-0.05, 0) is 45.6 Å². The number of rotatable bonds is 11. The molecule has 0 atom stereocenters. The summed E-state index contributed by atoms with van der Waals surface area (Å²) in [5.74, 6) is 0.415. The number of fused-ring (bicyclic) bond motifs is 1. The number of aromatic nitrogens is 6. The van der Waals surface area contributed by atoms with E-state index >= 15 is 0 Å². The third kappa shape index (κ3) is 6.69. The van der Waals surface area contributed by atoms with Crippen molar-refractivity contribution in [2.75, 3.05) is 36.9 Å². The van der Waals surface area contributed by atoms with E-state index in [9.17, 15) is 8.42 Å². The van der Waals surface area contributed by atoms with Crippen molar-refractivity contribution >= 4 is 59.6 Å². The van der Waals surface area contributed by atoms with Gasteiger partial charge >= 0.3 is 6.01 Å². The van der Waals surface area contributed by atoms with Gasteiger partial charge in [0.1, 0.15) is 13.2 Å². The molecule has 45 heavy (non-hydrogen) atoms. The first-order chi connectivity index (χ1) is 21.8. The van der Waals surface area contributed by atoms with Gasteiger partial charge in [-0.2, -0.15) is 4.98 Å². The highest BCUT2D eigenvalue weighted by molar-refractivity contribution is 9.10. The second-order valence-electron chi connectivity index (χ2n) is 9.63. The lowest BCUT2D eigenvalue weighted by Gasteiger charge is -2.18. The Morgan fingerprint density at radius 2 is 1.58 bits per heavy atom. The highest BCUT2D eigenvalue weighted by atomic mass is 79.9. The molecule has 0 radical (unpaired) electrons. The van der Waals surface area contributed by atoms with Crippen molar-refractivity contribution in [1.82, 2.24) is 29.9 Å². The molecule has 228 valence electrons. The summed E-state index contributed by atoms with van der Waals surface area (Å²) in [5, 5.41) is 3.23. The van der Waals surface area contributed by atoms with Gasteiger partial charge in [0.25, 0.3) is 10.0 Å². The predicted octanol–water partition coefficient (Wildman–Crippen LogP) is 5.69. The minimum absolute atomic E-state index is 0.0165. The molecule has 1 N–H and O–H groups in total. The van der Waals surface area contributed by atoms with E-state index in [1.54, 1.807) is 49.1 Å². The Labute approximate surface area is 271 Å². The maximum Gasteiger partial charge on any atom is 0.316 e. The zero-order valence-corrected chi connectivity index (χ0v) is 27.2. The van der Waals surface area contributed by atoms with Crippen LogP contribution in [0.1, 0.15) is 0 Å². The smallest absolute Gasteiger partial charge is 0.316 e. The summed E-state index contributed by atoms with van der Waals surface area (Å²) in [4.78, 5) is 28.7. The van der Waals surface area contributed by atoms with Gasteiger partial charge in [0.05, 0.1) is 14.9 Å². The topological polar surface area (TPSA) is 145 Å². The van der Waals surface area contributed by atoms with Crippen LogP contribution in [0.4, 0.5) is 11.5 Å². The number of benzene rings is 2. The van der Waals surface area contributed by atoms with Crippen LogP contribution in [0.15, 0.2) is 94.1 Å². The number of thiophene rings is 1. The second kappa shape index (κ2) is 13.1. The van der Waals surface area contributed by atoms with Crippen LogP contribution >= 0.6 is 27.3 Å². The molecule has 0 saturated carbocycles. The molecule has 4 aromatic heterocycles. The van der Waals surface area contributed by atoms with E-state index in [2.05, 4.69) is 50.6 Å². The lowest BCUT2D eigenvalue weighted by atomic mass is 10.1. The summed E-state index contributed by atoms with van der Waals surface area (Å²) in [6, 6.07) is 16.2. The average Bonchev–Trinajstić information content (AvgIpc) is 3.58. The fraction of sp³-hybridized carbons (Fsp3) is 0.133. The van der Waals surface area contributed by atoms with Gasteiger partial charge in [-0.3, -0.25) is 4.72 Å². The average molecular weight is 706 g/mol. The van der Waals surface area contributed by atoms with E-state index in [0.717, 1.165) is 15.5 Å². The summed E-state index contributed by atoms with van der Waals surface area (Å²) in [6.07, 6.45) is 6.25. The van der Waals surface area contributed by atoms with Crippen molar-refractivity contribution in [2.24, 2.45) is 0 Å². The number of hydrogen-bond donors (Lipinski definition) is 1. The van der Waals surface area contributed by atoms with Crippen LogP contribution in [0.25, 0.3) is 32.9 Å². The van der Waals surface area contributed by atoms with Crippen molar-refractivity contribution in [3.8, 4) is 34.0 Å². The molecule has 12 nitrogen and oxygen atoms in total. The largest absolute Gasteiger partial charge is 0.473 e. The highest BCUT2D eigenvalue weighted by Gasteiger charge is 2.26. The number of halogens is 1. The van der Waals surface area contributed by atoms with Crippen molar-refractivity contribution in [3.05, 3.63) is 89.2 Å². The molecule has 0 bridgehead atoms. The molecular weight excluding hydrogens is 680 g/mol. The van der Waals surface area contributed by atoms with Gasteiger partial charge in [0.2, 0.25) is 11.7 Å². The number of nitrogens with one attached hydrogen (secondary N) is 1. The Morgan fingerprint density at radius 3 is 2.31 bits per heavy atom. The van der Waals surface area contributed by atoms with Gasteiger partial charge in [-0.25, -0.2) is 33.3 Å². The molecule has 0 aliphatic carbocycles. The van der Waals surface area contributed by atoms with Crippen LogP contribution in [0.3, 0.4) is 0 Å². The van der Waals surface area contributed by atoms with Crippen LogP contribution in [0, 0.1) is 0 Å². The minimum atomic E-state index is -4.17. The third-order valence-corrected chi connectivity index (χ3v) is 9.11. The monoisotopic (exact) mass is 704 g/mol. The molecule has 4 heterocycles. The van der Waals surface area contributed by atoms with Crippen LogP contribution in [-0.4, -0.2) is 65.6 Å². The number of anilines is 2. The number of nitrogens with zero attached hydrogens (tertiary/aromatic N) is 7. The molecule has 0 unspecified atom stereocenters. The van der Waals surface area contributed by atoms with Gasteiger partial charge in [0, 0.05) is 60.2 Å². The van der Waals surface area contributed by atoms with Crippen LogP contribution in [0.2, 0.25) is 0 Å². The van der Waals surface area contributed by atoms with Gasteiger partial charge in [0.15, 0.2) is 11.6 Å². The highest BCUT2D eigenvalue weighted by Crippen LogP contribution is 2.40. The zero-order chi connectivity index (χ0) is 31.4. The minimum Gasteiger partial charge on any atom is -0.473 e. The second-order valence-corrected chi connectivity index (χ2v) is 13.1. The van der Waals surface area contributed by atoms with Crippen molar-refractivity contribution in [2.45, 2.75) is 4.90 Å². The Morgan fingerprint density at radius 1 is 0.844 bits per heavy atom. The standard InChI is InChI=1S/C30H25BrN8O4S2/c1-39(2)22-9-3-8-21-20(22)7-4-11-24(21)45(40,41)38-26-25(23-10-5-16-44-23)29(37-28(36-26)27-32-12-6-13-33-27)42-14-15-43-30-34-17-19(31)18-35-30/h3-13,16-18H,14-15H2,1-2H3,(H,36,37,38). The van der Waals surface area contributed by atoms with Crippen molar-refractivity contribution in [1.29, 1.82) is 0 Å². The predicted molar refractivity (Wildman–Crippen MR) is 176 cm³/mol. The molecule has 0 saturated heterocycles. The SMILES string of the molecule is CN(C)c1cccc2c(S(=O)(=O)Nc3nc(-c4ncccn4)nc(OCCOc4ncc(Br)cn4)c3-c3cccs3)cccc12. The Kier molecular flexibility index (Phi) is 8.82. The molecular formula is C30H25BrN8O4S2. The fourth-order valence-corrected chi connectivity index (χ4v) is 6.70. The Hall–Kier alpha value is -4.73. The van der Waals surface area contributed by atoms with E-state index in [-0.39, 0.29) is 47.5 Å². The molecule has 0 aliphatic rings. The first-order valence-electron chi connectivity index (χ1n) is 13.5. The molecule has 6 aromatic rings. The summed E-state index contributed by atoms with van der Waals surface area (Å²) < 4.78 is 43.4. The van der Waals surface area contributed by atoms with Gasteiger partial charge in [-0.1, -0.05) is 30.3 Å². The number of ether oxygens (including phenoxy) is 2. The first kappa shape index (κ1) is 30.3. The van der Waals surface area contributed by atoms with Crippen molar-refractivity contribution < 1.29 is 17.9 Å². The van der Waals surface area contributed by atoms with Crippen LogP contribution in [0.5, 0.6) is 11.9 Å².